The van der Waals surface area contributed by atoms with Crippen LogP contribution in [-0.2, 0) is 6.42 Å². The van der Waals surface area contributed by atoms with Gasteiger partial charge in [-0.2, -0.15) is 0 Å². The molecule has 0 aliphatic carbocycles. The fourth-order valence-corrected chi connectivity index (χ4v) is 2.35. The standard InChI is InChI=1S/C16H18N2O2/c1-12-8-9-16(18(19)20)14(10-12)11-15(17-2)13-6-4-3-5-7-13/h3-10,15,17H,11H2,1-2H3. The predicted molar refractivity (Wildman–Crippen MR) is 79.8 cm³/mol. The number of hydrogen-bond acceptors (Lipinski definition) is 3. The van der Waals surface area contributed by atoms with Crippen LogP contribution < -0.4 is 5.32 Å². The number of likely N-dealkylation sites (N-methyl/N-ethyl adjacent to an activating group) is 1. The van der Waals surface area contributed by atoms with Crippen molar-refractivity contribution < 1.29 is 4.92 Å². The van der Waals surface area contributed by atoms with Gasteiger partial charge in [-0.1, -0.05) is 42.0 Å². The molecule has 20 heavy (non-hydrogen) atoms. The Bertz CT molecular complexity index is 597. The first-order valence-corrected chi connectivity index (χ1v) is 6.58. The van der Waals surface area contributed by atoms with Crippen LogP contribution in [0.15, 0.2) is 48.5 Å². The molecule has 0 saturated carbocycles. The molecule has 0 aliphatic heterocycles. The van der Waals surface area contributed by atoms with Gasteiger partial charge in [0.15, 0.2) is 0 Å². The fraction of sp³-hybridized carbons (Fsp3) is 0.250. The zero-order chi connectivity index (χ0) is 14.5. The monoisotopic (exact) mass is 270 g/mol. The van der Waals surface area contributed by atoms with Gasteiger partial charge in [0.1, 0.15) is 0 Å². The Morgan fingerprint density at radius 2 is 1.90 bits per heavy atom. The Morgan fingerprint density at radius 1 is 1.20 bits per heavy atom. The summed E-state index contributed by atoms with van der Waals surface area (Å²) in [5.41, 5.74) is 3.12. The van der Waals surface area contributed by atoms with Crippen molar-refractivity contribution in [3.63, 3.8) is 0 Å². The molecule has 4 nitrogen and oxygen atoms in total. The minimum absolute atomic E-state index is 0.0664. The van der Waals surface area contributed by atoms with Crippen molar-refractivity contribution in [1.29, 1.82) is 0 Å². The molecule has 2 rings (SSSR count). The molecule has 104 valence electrons. The van der Waals surface area contributed by atoms with Crippen LogP contribution in [0.5, 0.6) is 0 Å². The summed E-state index contributed by atoms with van der Waals surface area (Å²) >= 11 is 0. The molecule has 1 unspecified atom stereocenters. The molecular formula is C16H18N2O2. The largest absolute Gasteiger partial charge is 0.313 e. The lowest BCUT2D eigenvalue weighted by Gasteiger charge is -2.17. The summed E-state index contributed by atoms with van der Waals surface area (Å²) < 4.78 is 0. The summed E-state index contributed by atoms with van der Waals surface area (Å²) in [7, 11) is 1.87. The predicted octanol–water partition coefficient (Wildman–Crippen LogP) is 3.41. The van der Waals surface area contributed by atoms with Crippen molar-refractivity contribution in [2.75, 3.05) is 7.05 Å². The van der Waals surface area contributed by atoms with E-state index >= 15 is 0 Å². The van der Waals surface area contributed by atoms with E-state index in [1.165, 1.54) is 0 Å². The van der Waals surface area contributed by atoms with Crippen LogP contribution in [0.1, 0.15) is 22.7 Å². The molecule has 4 heteroatoms. The molecule has 0 aliphatic rings. The van der Waals surface area contributed by atoms with E-state index in [-0.39, 0.29) is 16.7 Å². The van der Waals surface area contributed by atoms with E-state index in [2.05, 4.69) is 5.32 Å². The van der Waals surface area contributed by atoms with E-state index in [1.54, 1.807) is 12.1 Å². The molecule has 0 bridgehead atoms. The van der Waals surface area contributed by atoms with Crippen LogP contribution in [-0.4, -0.2) is 12.0 Å². The Balaban J connectivity index is 2.32. The van der Waals surface area contributed by atoms with Crippen molar-refractivity contribution in [2.45, 2.75) is 19.4 Å². The van der Waals surface area contributed by atoms with E-state index in [1.807, 2.05) is 50.4 Å². The first-order chi connectivity index (χ1) is 9.61. The minimum atomic E-state index is -0.313. The van der Waals surface area contributed by atoms with Gasteiger partial charge in [-0.15, -0.1) is 0 Å². The van der Waals surface area contributed by atoms with Crippen LogP contribution in [0.2, 0.25) is 0 Å². The zero-order valence-electron chi connectivity index (χ0n) is 11.7. The van der Waals surface area contributed by atoms with E-state index in [4.69, 9.17) is 0 Å². The Morgan fingerprint density at radius 3 is 2.50 bits per heavy atom. The average molecular weight is 270 g/mol. The molecule has 2 aromatic carbocycles. The second-order valence-electron chi connectivity index (χ2n) is 4.85. The highest BCUT2D eigenvalue weighted by Crippen LogP contribution is 2.25. The van der Waals surface area contributed by atoms with E-state index in [9.17, 15) is 10.1 Å². The van der Waals surface area contributed by atoms with Gasteiger partial charge < -0.3 is 5.32 Å². The summed E-state index contributed by atoms with van der Waals surface area (Å²) in [6, 6.07) is 15.3. The highest BCUT2D eigenvalue weighted by molar-refractivity contribution is 5.43. The van der Waals surface area contributed by atoms with Crippen LogP contribution in [0, 0.1) is 17.0 Å². The quantitative estimate of drug-likeness (QED) is 0.669. The van der Waals surface area contributed by atoms with Crippen molar-refractivity contribution in [3.8, 4) is 0 Å². The van der Waals surface area contributed by atoms with Crippen molar-refractivity contribution in [3.05, 3.63) is 75.3 Å². The summed E-state index contributed by atoms with van der Waals surface area (Å²) in [6.07, 6.45) is 0.596. The van der Waals surface area contributed by atoms with Gasteiger partial charge in [-0.3, -0.25) is 10.1 Å². The maximum absolute atomic E-state index is 11.1. The van der Waals surface area contributed by atoms with Crippen molar-refractivity contribution in [1.82, 2.24) is 5.32 Å². The van der Waals surface area contributed by atoms with Gasteiger partial charge in [-0.25, -0.2) is 0 Å². The number of rotatable bonds is 5. The Labute approximate surface area is 118 Å². The highest BCUT2D eigenvalue weighted by atomic mass is 16.6. The maximum atomic E-state index is 11.1. The third-order valence-corrected chi connectivity index (χ3v) is 3.41. The van der Waals surface area contributed by atoms with Crippen LogP contribution >= 0.6 is 0 Å². The van der Waals surface area contributed by atoms with Gasteiger partial charge in [-0.05, 0) is 32.0 Å². The van der Waals surface area contributed by atoms with Gasteiger partial charge in [0.2, 0.25) is 0 Å². The van der Waals surface area contributed by atoms with Crippen LogP contribution in [0.4, 0.5) is 5.69 Å². The number of nitrogens with zero attached hydrogens (tertiary/aromatic N) is 1. The smallest absolute Gasteiger partial charge is 0.272 e. The summed E-state index contributed by atoms with van der Waals surface area (Å²) in [5, 5.41) is 14.4. The second kappa shape index (κ2) is 6.30. The summed E-state index contributed by atoms with van der Waals surface area (Å²) in [6.45, 7) is 1.95. The van der Waals surface area contributed by atoms with E-state index < -0.39 is 0 Å². The van der Waals surface area contributed by atoms with Gasteiger partial charge in [0, 0.05) is 17.7 Å². The van der Waals surface area contributed by atoms with Gasteiger partial charge in [0.25, 0.3) is 5.69 Å². The number of nitro benzene ring substituents is 1. The van der Waals surface area contributed by atoms with Crippen LogP contribution in [0.25, 0.3) is 0 Å². The molecule has 0 fully saturated rings. The number of nitro groups is 1. The third kappa shape index (κ3) is 3.22. The molecule has 0 amide bonds. The molecular weight excluding hydrogens is 252 g/mol. The number of hydrogen-bond donors (Lipinski definition) is 1. The number of aryl methyl sites for hydroxylation is 1. The molecule has 1 atom stereocenters. The van der Waals surface area contributed by atoms with Crippen LogP contribution in [0.3, 0.4) is 0 Å². The van der Waals surface area contributed by atoms with E-state index in [0.29, 0.717) is 6.42 Å². The average Bonchev–Trinajstić information content (AvgIpc) is 2.45. The van der Waals surface area contributed by atoms with E-state index in [0.717, 1.165) is 16.7 Å². The first-order valence-electron chi connectivity index (χ1n) is 6.58. The number of benzene rings is 2. The second-order valence-corrected chi connectivity index (χ2v) is 4.85. The molecule has 0 saturated heterocycles. The lowest BCUT2D eigenvalue weighted by atomic mass is 9.97. The normalized spacial score (nSPS) is 12.1. The lowest BCUT2D eigenvalue weighted by molar-refractivity contribution is -0.385. The summed E-state index contributed by atoms with van der Waals surface area (Å²) in [5.74, 6) is 0. The topological polar surface area (TPSA) is 55.2 Å². The Kier molecular flexibility index (Phi) is 4.48. The fourth-order valence-electron chi connectivity index (χ4n) is 2.35. The van der Waals surface area contributed by atoms with Gasteiger partial charge in [0.05, 0.1) is 4.92 Å². The van der Waals surface area contributed by atoms with Crippen molar-refractivity contribution in [2.24, 2.45) is 0 Å². The molecule has 1 N–H and O–H groups in total. The summed E-state index contributed by atoms with van der Waals surface area (Å²) in [4.78, 5) is 10.8. The Hall–Kier alpha value is -2.20. The molecule has 0 heterocycles. The number of nitrogens with one attached hydrogen (secondary N) is 1. The molecule has 0 aromatic heterocycles. The molecule has 0 spiro atoms. The zero-order valence-corrected chi connectivity index (χ0v) is 11.7. The maximum Gasteiger partial charge on any atom is 0.272 e. The molecule has 2 aromatic rings. The highest BCUT2D eigenvalue weighted by Gasteiger charge is 2.18. The SMILES string of the molecule is CNC(Cc1cc(C)ccc1[N+](=O)[O-])c1ccccc1. The lowest BCUT2D eigenvalue weighted by Crippen LogP contribution is -2.19. The first kappa shape index (κ1) is 14.2. The third-order valence-electron chi connectivity index (χ3n) is 3.41. The minimum Gasteiger partial charge on any atom is -0.313 e. The molecule has 0 radical (unpaired) electrons. The van der Waals surface area contributed by atoms with Crippen molar-refractivity contribution >= 4 is 5.69 Å². The van der Waals surface area contributed by atoms with Gasteiger partial charge >= 0.3 is 0 Å².